The molecule has 172 valence electrons. The van der Waals surface area contributed by atoms with Gasteiger partial charge in [-0.25, -0.2) is 9.82 Å². The lowest BCUT2D eigenvalue weighted by Gasteiger charge is -2.12. The van der Waals surface area contributed by atoms with E-state index in [4.69, 9.17) is 14.2 Å². The van der Waals surface area contributed by atoms with E-state index in [1.165, 1.54) is 19.2 Å². The number of hydrogen-bond donors (Lipinski definition) is 1. The van der Waals surface area contributed by atoms with Crippen LogP contribution in [0.3, 0.4) is 0 Å². The van der Waals surface area contributed by atoms with Gasteiger partial charge in [0.1, 0.15) is 18.2 Å². The summed E-state index contributed by atoms with van der Waals surface area (Å²) in [5.41, 5.74) is 4.02. The lowest BCUT2D eigenvalue weighted by molar-refractivity contribution is -0.123. The van der Waals surface area contributed by atoms with E-state index in [0.29, 0.717) is 22.8 Å². The molecule has 1 N–H and O–H groups in total. The van der Waals surface area contributed by atoms with E-state index in [-0.39, 0.29) is 19.0 Å². The van der Waals surface area contributed by atoms with Crippen LogP contribution in [0.1, 0.15) is 11.1 Å². The van der Waals surface area contributed by atoms with E-state index in [0.717, 1.165) is 16.3 Å². The largest absolute Gasteiger partial charge is 0.493 e. The molecule has 4 rings (SSSR count). The number of rotatable bonds is 9. The molecule has 0 fully saturated rings. The highest BCUT2D eigenvalue weighted by molar-refractivity contribution is 6.02. The van der Waals surface area contributed by atoms with Gasteiger partial charge >= 0.3 is 0 Å². The zero-order valence-electron chi connectivity index (χ0n) is 18.5. The minimum atomic E-state index is -0.420. The minimum Gasteiger partial charge on any atom is -0.493 e. The number of hydrogen-bond acceptors (Lipinski definition) is 5. The van der Waals surface area contributed by atoms with Crippen molar-refractivity contribution >= 4 is 22.9 Å². The molecule has 0 saturated carbocycles. The molecule has 0 aliphatic rings. The molecule has 0 bridgehead atoms. The second-order valence-corrected chi connectivity index (χ2v) is 7.35. The maximum Gasteiger partial charge on any atom is 0.277 e. The second kappa shape index (κ2) is 11.0. The van der Waals surface area contributed by atoms with E-state index >= 15 is 0 Å². The third-order valence-corrected chi connectivity index (χ3v) is 5.05. The van der Waals surface area contributed by atoms with Crippen molar-refractivity contribution in [2.24, 2.45) is 5.10 Å². The normalized spacial score (nSPS) is 10.9. The van der Waals surface area contributed by atoms with Crippen LogP contribution in [0, 0.1) is 5.82 Å². The van der Waals surface area contributed by atoms with Gasteiger partial charge < -0.3 is 14.2 Å². The molecule has 4 aromatic rings. The molecule has 4 aromatic carbocycles. The maximum atomic E-state index is 13.2. The van der Waals surface area contributed by atoms with Gasteiger partial charge in [0.2, 0.25) is 0 Å². The van der Waals surface area contributed by atoms with Crippen LogP contribution in [0.4, 0.5) is 4.39 Å². The first-order chi connectivity index (χ1) is 16.6. The van der Waals surface area contributed by atoms with Crippen molar-refractivity contribution in [2.75, 3.05) is 13.7 Å². The van der Waals surface area contributed by atoms with Crippen LogP contribution in [0.5, 0.6) is 17.2 Å². The molecule has 6 nitrogen and oxygen atoms in total. The van der Waals surface area contributed by atoms with Crippen molar-refractivity contribution in [3.05, 3.63) is 102 Å². The Kier molecular flexibility index (Phi) is 7.35. The molecule has 0 spiro atoms. The number of hydrazone groups is 1. The summed E-state index contributed by atoms with van der Waals surface area (Å²) in [7, 11) is 1.53. The molecule has 0 aromatic heterocycles. The lowest BCUT2D eigenvalue weighted by atomic mass is 10.0. The van der Waals surface area contributed by atoms with Crippen LogP contribution in [0.25, 0.3) is 10.8 Å². The first kappa shape index (κ1) is 22.8. The minimum absolute atomic E-state index is 0.221. The van der Waals surface area contributed by atoms with E-state index in [9.17, 15) is 9.18 Å². The Morgan fingerprint density at radius 1 is 0.882 bits per heavy atom. The Morgan fingerprint density at radius 3 is 2.41 bits per heavy atom. The van der Waals surface area contributed by atoms with Gasteiger partial charge in [-0.15, -0.1) is 0 Å². The van der Waals surface area contributed by atoms with E-state index in [1.54, 1.807) is 36.5 Å². The SMILES string of the molecule is COc1ccccc1OCC(=O)N/N=C\c1c(OCc2ccc(F)cc2)ccc2ccccc12. The number of carbonyl (C=O) groups is 1. The van der Waals surface area contributed by atoms with Gasteiger partial charge in [0.25, 0.3) is 5.91 Å². The zero-order valence-corrected chi connectivity index (χ0v) is 18.5. The molecular weight excluding hydrogens is 435 g/mol. The first-order valence-electron chi connectivity index (χ1n) is 10.6. The Balaban J connectivity index is 1.46. The number of nitrogens with one attached hydrogen (secondary N) is 1. The summed E-state index contributed by atoms with van der Waals surface area (Å²) in [4.78, 5) is 12.2. The maximum absolute atomic E-state index is 13.2. The number of para-hydroxylation sites is 2. The fourth-order valence-electron chi connectivity index (χ4n) is 3.36. The van der Waals surface area contributed by atoms with E-state index in [1.807, 2.05) is 42.5 Å². The van der Waals surface area contributed by atoms with Gasteiger partial charge in [-0.1, -0.05) is 54.6 Å². The van der Waals surface area contributed by atoms with Gasteiger partial charge in [-0.2, -0.15) is 5.10 Å². The molecule has 0 unspecified atom stereocenters. The lowest BCUT2D eigenvalue weighted by Crippen LogP contribution is -2.24. The Labute approximate surface area is 196 Å². The van der Waals surface area contributed by atoms with Crippen LogP contribution in [0.2, 0.25) is 0 Å². The van der Waals surface area contributed by atoms with Crippen molar-refractivity contribution in [3.63, 3.8) is 0 Å². The van der Waals surface area contributed by atoms with Crippen LogP contribution in [-0.2, 0) is 11.4 Å². The second-order valence-electron chi connectivity index (χ2n) is 7.35. The topological polar surface area (TPSA) is 69.2 Å². The number of carbonyl (C=O) groups excluding carboxylic acids is 1. The smallest absolute Gasteiger partial charge is 0.277 e. The van der Waals surface area contributed by atoms with Gasteiger partial charge in [0.15, 0.2) is 18.1 Å². The fourth-order valence-corrected chi connectivity index (χ4v) is 3.36. The highest BCUT2D eigenvalue weighted by atomic mass is 19.1. The summed E-state index contributed by atoms with van der Waals surface area (Å²) >= 11 is 0. The molecule has 0 atom stereocenters. The van der Waals surface area contributed by atoms with E-state index in [2.05, 4.69) is 10.5 Å². The summed E-state index contributed by atoms with van der Waals surface area (Å²) < 4.78 is 29.9. The van der Waals surface area contributed by atoms with Gasteiger partial charge in [-0.3, -0.25) is 4.79 Å². The molecule has 1 amide bonds. The number of fused-ring (bicyclic) bond motifs is 1. The third kappa shape index (κ3) is 5.69. The van der Waals surface area contributed by atoms with Gasteiger partial charge in [-0.05, 0) is 46.7 Å². The van der Waals surface area contributed by atoms with Crippen molar-refractivity contribution in [2.45, 2.75) is 6.61 Å². The molecule has 0 aliphatic carbocycles. The first-order valence-corrected chi connectivity index (χ1v) is 10.6. The Bertz CT molecular complexity index is 1310. The number of benzene rings is 4. The molecule has 0 heterocycles. The standard InChI is InChI=1S/C27H23FN2O4/c1-32-25-8-4-5-9-26(25)34-18-27(31)30-29-16-23-22-7-3-2-6-20(22)12-15-24(23)33-17-19-10-13-21(28)14-11-19/h2-16H,17-18H2,1H3,(H,30,31)/b29-16-. The Morgan fingerprint density at radius 2 is 1.62 bits per heavy atom. The predicted molar refractivity (Wildman–Crippen MR) is 129 cm³/mol. The van der Waals surface area contributed by atoms with Crippen molar-refractivity contribution < 1.29 is 23.4 Å². The van der Waals surface area contributed by atoms with Gasteiger partial charge in [0, 0.05) is 5.56 Å². The summed E-state index contributed by atoms with van der Waals surface area (Å²) in [5.74, 6) is 0.877. The predicted octanol–water partition coefficient (Wildman–Crippen LogP) is 5.10. The molecule has 0 aliphatic heterocycles. The highest BCUT2D eigenvalue weighted by Gasteiger charge is 2.09. The third-order valence-electron chi connectivity index (χ3n) is 5.05. The van der Waals surface area contributed by atoms with Crippen LogP contribution >= 0.6 is 0 Å². The monoisotopic (exact) mass is 458 g/mol. The summed E-state index contributed by atoms with van der Waals surface area (Å²) in [6.45, 7) is 0.0414. The molecule has 0 radical (unpaired) electrons. The van der Waals surface area contributed by atoms with Crippen LogP contribution in [0.15, 0.2) is 90.0 Å². The summed E-state index contributed by atoms with van der Waals surface area (Å²) in [5, 5.41) is 6.03. The molecule has 34 heavy (non-hydrogen) atoms. The number of nitrogens with zero attached hydrogens (tertiary/aromatic N) is 1. The van der Waals surface area contributed by atoms with Crippen molar-refractivity contribution in [3.8, 4) is 17.2 Å². The van der Waals surface area contributed by atoms with Crippen molar-refractivity contribution in [1.29, 1.82) is 0 Å². The quantitative estimate of drug-likeness (QED) is 0.280. The number of amides is 1. The summed E-state index contributed by atoms with van der Waals surface area (Å²) in [6, 6.07) is 24.8. The number of methoxy groups -OCH3 is 1. The van der Waals surface area contributed by atoms with Gasteiger partial charge in [0.05, 0.1) is 13.3 Å². The van der Waals surface area contributed by atoms with E-state index < -0.39 is 5.91 Å². The fraction of sp³-hybridized carbons (Fsp3) is 0.111. The average molecular weight is 458 g/mol. The number of halogens is 1. The van der Waals surface area contributed by atoms with Crippen LogP contribution < -0.4 is 19.6 Å². The molecular formula is C27H23FN2O4. The van der Waals surface area contributed by atoms with Crippen LogP contribution in [-0.4, -0.2) is 25.8 Å². The number of ether oxygens (including phenoxy) is 3. The average Bonchev–Trinajstić information content (AvgIpc) is 2.87. The zero-order chi connectivity index (χ0) is 23.8. The molecule has 0 saturated heterocycles. The Hall–Kier alpha value is -4.39. The molecule has 7 heteroatoms. The highest BCUT2D eigenvalue weighted by Crippen LogP contribution is 2.28. The van der Waals surface area contributed by atoms with Crippen molar-refractivity contribution in [1.82, 2.24) is 5.43 Å². The summed E-state index contributed by atoms with van der Waals surface area (Å²) in [6.07, 6.45) is 1.54.